The maximum Gasteiger partial charge on any atom is 0.224 e. The molecule has 15 heavy (non-hydrogen) atoms. The fraction of sp³-hybridized carbons (Fsp3) is 0.600. The Labute approximate surface area is 88.7 Å². The molecule has 1 fully saturated rings. The molecule has 0 aromatic carbocycles. The van der Waals surface area contributed by atoms with Gasteiger partial charge in [-0.25, -0.2) is 4.98 Å². The van der Waals surface area contributed by atoms with Crippen LogP contribution in [-0.2, 0) is 16.1 Å². The average Bonchev–Trinajstić information content (AvgIpc) is 2.80. The zero-order valence-corrected chi connectivity index (χ0v) is 8.63. The lowest BCUT2D eigenvalue weighted by Crippen LogP contribution is -2.40. The van der Waals surface area contributed by atoms with Crippen LogP contribution in [-0.4, -0.2) is 46.7 Å². The third-order valence-electron chi connectivity index (χ3n) is 2.51. The van der Waals surface area contributed by atoms with Crippen molar-refractivity contribution >= 4 is 5.91 Å². The monoisotopic (exact) mass is 209 g/mol. The molecule has 2 rings (SSSR count). The van der Waals surface area contributed by atoms with Crippen LogP contribution in [0.1, 0.15) is 6.42 Å². The van der Waals surface area contributed by atoms with Crippen LogP contribution in [0.3, 0.4) is 0 Å². The Morgan fingerprint density at radius 1 is 1.40 bits per heavy atom. The van der Waals surface area contributed by atoms with Crippen molar-refractivity contribution in [1.29, 1.82) is 0 Å². The minimum Gasteiger partial charge on any atom is -0.378 e. The van der Waals surface area contributed by atoms with Crippen LogP contribution >= 0.6 is 0 Å². The van der Waals surface area contributed by atoms with Crippen LogP contribution in [0.15, 0.2) is 18.7 Å². The molecule has 0 radical (unpaired) electrons. The highest BCUT2D eigenvalue weighted by molar-refractivity contribution is 5.76. The quantitative estimate of drug-likeness (QED) is 0.711. The number of carbonyl (C=O) groups excluding carboxylic acids is 1. The molecule has 0 aliphatic carbocycles. The predicted octanol–water partition coefficient (Wildman–Crippen LogP) is 0.132. The normalized spacial score (nSPS) is 16.7. The molecule has 0 bridgehead atoms. The van der Waals surface area contributed by atoms with Gasteiger partial charge in [-0.05, 0) is 0 Å². The lowest BCUT2D eigenvalue weighted by Gasteiger charge is -2.26. The molecular weight excluding hydrogens is 194 g/mol. The second kappa shape index (κ2) is 4.93. The molecule has 82 valence electrons. The molecule has 0 unspecified atom stereocenters. The van der Waals surface area contributed by atoms with Gasteiger partial charge < -0.3 is 14.2 Å². The first kappa shape index (κ1) is 10.2. The maximum absolute atomic E-state index is 11.7. The van der Waals surface area contributed by atoms with Gasteiger partial charge in [-0.2, -0.15) is 0 Å². The van der Waals surface area contributed by atoms with E-state index in [0.29, 0.717) is 26.2 Å². The van der Waals surface area contributed by atoms with E-state index in [0.717, 1.165) is 13.1 Å². The highest BCUT2D eigenvalue weighted by Crippen LogP contribution is 2.01. The summed E-state index contributed by atoms with van der Waals surface area (Å²) in [4.78, 5) is 17.5. The summed E-state index contributed by atoms with van der Waals surface area (Å²) in [5.74, 6) is 0.201. The molecular formula is C10H15N3O2. The van der Waals surface area contributed by atoms with E-state index in [2.05, 4.69) is 4.98 Å². The van der Waals surface area contributed by atoms with E-state index >= 15 is 0 Å². The molecule has 0 atom stereocenters. The zero-order valence-electron chi connectivity index (χ0n) is 8.63. The molecule has 1 aromatic rings. The van der Waals surface area contributed by atoms with Gasteiger partial charge >= 0.3 is 0 Å². The highest BCUT2D eigenvalue weighted by atomic mass is 16.5. The van der Waals surface area contributed by atoms with Crippen LogP contribution in [0.2, 0.25) is 0 Å². The Balaban J connectivity index is 1.76. The molecule has 5 nitrogen and oxygen atoms in total. The number of carbonyl (C=O) groups is 1. The van der Waals surface area contributed by atoms with Crippen molar-refractivity contribution in [2.24, 2.45) is 0 Å². The number of hydrogen-bond acceptors (Lipinski definition) is 3. The van der Waals surface area contributed by atoms with Gasteiger partial charge in [-0.3, -0.25) is 4.79 Å². The topological polar surface area (TPSA) is 47.4 Å². The summed E-state index contributed by atoms with van der Waals surface area (Å²) < 4.78 is 7.11. The summed E-state index contributed by atoms with van der Waals surface area (Å²) in [7, 11) is 0. The van der Waals surface area contributed by atoms with Crippen LogP contribution in [0, 0.1) is 0 Å². The summed E-state index contributed by atoms with van der Waals surface area (Å²) in [5.41, 5.74) is 0. The average molecular weight is 209 g/mol. The Hall–Kier alpha value is -1.36. The smallest absolute Gasteiger partial charge is 0.224 e. The van der Waals surface area contributed by atoms with E-state index in [9.17, 15) is 4.79 Å². The molecule has 0 spiro atoms. The van der Waals surface area contributed by atoms with E-state index in [-0.39, 0.29) is 5.91 Å². The van der Waals surface area contributed by atoms with E-state index < -0.39 is 0 Å². The van der Waals surface area contributed by atoms with Gasteiger partial charge in [0.1, 0.15) is 0 Å². The number of nitrogens with zero attached hydrogens (tertiary/aromatic N) is 3. The Kier molecular flexibility index (Phi) is 3.34. The van der Waals surface area contributed by atoms with Crippen molar-refractivity contribution in [2.75, 3.05) is 26.3 Å². The fourth-order valence-electron chi connectivity index (χ4n) is 1.61. The Morgan fingerprint density at radius 2 is 2.20 bits per heavy atom. The van der Waals surface area contributed by atoms with Gasteiger partial charge in [0.2, 0.25) is 5.91 Å². The largest absolute Gasteiger partial charge is 0.378 e. The lowest BCUT2D eigenvalue weighted by molar-refractivity contribution is -0.135. The highest BCUT2D eigenvalue weighted by Gasteiger charge is 2.15. The SMILES string of the molecule is O=C(CCn1ccnc1)N1CCOCC1. The van der Waals surface area contributed by atoms with Crippen LogP contribution < -0.4 is 0 Å². The lowest BCUT2D eigenvalue weighted by atomic mass is 10.3. The van der Waals surface area contributed by atoms with Crippen molar-refractivity contribution in [3.05, 3.63) is 18.7 Å². The first-order valence-corrected chi connectivity index (χ1v) is 5.17. The van der Waals surface area contributed by atoms with Crippen LogP contribution in [0.4, 0.5) is 0 Å². The molecule has 0 N–H and O–H groups in total. The van der Waals surface area contributed by atoms with Gasteiger partial charge in [-0.1, -0.05) is 0 Å². The number of rotatable bonds is 3. The van der Waals surface area contributed by atoms with E-state index in [4.69, 9.17) is 4.74 Å². The fourth-order valence-corrected chi connectivity index (χ4v) is 1.61. The summed E-state index contributed by atoms with van der Waals surface area (Å²) in [6.45, 7) is 3.48. The number of morpholine rings is 1. The van der Waals surface area contributed by atoms with E-state index in [1.165, 1.54) is 0 Å². The second-order valence-corrected chi connectivity index (χ2v) is 3.54. The van der Waals surface area contributed by atoms with E-state index in [1.807, 2.05) is 15.7 Å². The zero-order chi connectivity index (χ0) is 10.5. The summed E-state index contributed by atoms with van der Waals surface area (Å²) >= 11 is 0. The van der Waals surface area contributed by atoms with Gasteiger partial charge in [0, 0.05) is 38.4 Å². The Morgan fingerprint density at radius 3 is 2.87 bits per heavy atom. The van der Waals surface area contributed by atoms with Crippen molar-refractivity contribution in [1.82, 2.24) is 14.5 Å². The summed E-state index contributed by atoms with van der Waals surface area (Å²) in [6.07, 6.45) is 5.86. The number of imidazole rings is 1. The molecule has 1 aromatic heterocycles. The number of amides is 1. The van der Waals surface area contributed by atoms with Gasteiger partial charge in [0.25, 0.3) is 0 Å². The molecule has 1 aliphatic rings. The van der Waals surface area contributed by atoms with Crippen molar-refractivity contribution < 1.29 is 9.53 Å². The van der Waals surface area contributed by atoms with Gasteiger partial charge in [0.15, 0.2) is 0 Å². The minimum atomic E-state index is 0.201. The summed E-state index contributed by atoms with van der Waals surface area (Å²) in [6, 6.07) is 0. The van der Waals surface area contributed by atoms with Crippen molar-refractivity contribution in [3.8, 4) is 0 Å². The maximum atomic E-state index is 11.7. The molecule has 5 heteroatoms. The summed E-state index contributed by atoms with van der Waals surface area (Å²) in [5, 5.41) is 0. The molecule has 0 saturated carbocycles. The molecule has 1 saturated heterocycles. The first-order valence-electron chi connectivity index (χ1n) is 5.17. The number of ether oxygens (including phenoxy) is 1. The number of aryl methyl sites for hydroxylation is 1. The molecule has 1 amide bonds. The predicted molar refractivity (Wildman–Crippen MR) is 54.2 cm³/mol. The first-order chi connectivity index (χ1) is 7.36. The standard InChI is InChI=1S/C10H15N3O2/c14-10(13-5-7-15-8-6-13)1-3-12-4-2-11-9-12/h2,4,9H,1,3,5-8H2. The number of hydrogen-bond donors (Lipinski definition) is 0. The molecule has 2 heterocycles. The van der Waals surface area contributed by atoms with Gasteiger partial charge in [0.05, 0.1) is 19.5 Å². The van der Waals surface area contributed by atoms with Crippen LogP contribution in [0.25, 0.3) is 0 Å². The second-order valence-electron chi connectivity index (χ2n) is 3.54. The molecule has 1 aliphatic heterocycles. The third kappa shape index (κ3) is 2.79. The van der Waals surface area contributed by atoms with Crippen LogP contribution in [0.5, 0.6) is 0 Å². The van der Waals surface area contributed by atoms with Crippen molar-refractivity contribution in [3.63, 3.8) is 0 Å². The van der Waals surface area contributed by atoms with Gasteiger partial charge in [-0.15, -0.1) is 0 Å². The third-order valence-corrected chi connectivity index (χ3v) is 2.51. The minimum absolute atomic E-state index is 0.201. The van der Waals surface area contributed by atoms with E-state index in [1.54, 1.807) is 12.5 Å². The Bertz CT molecular complexity index is 304. The van der Waals surface area contributed by atoms with Crippen molar-refractivity contribution in [2.45, 2.75) is 13.0 Å². The number of aromatic nitrogens is 2.